The Hall–Kier alpha value is -1.88. The van der Waals surface area contributed by atoms with Gasteiger partial charge in [0.05, 0.1) is 23.1 Å². The molecule has 1 heterocycles. The molecule has 0 saturated heterocycles. The Kier molecular flexibility index (Phi) is 5.42. The van der Waals surface area contributed by atoms with Gasteiger partial charge in [-0.1, -0.05) is 31.4 Å². The van der Waals surface area contributed by atoms with Gasteiger partial charge in [0.1, 0.15) is 5.82 Å². The van der Waals surface area contributed by atoms with Gasteiger partial charge < -0.3 is 15.0 Å². The van der Waals surface area contributed by atoms with Crippen molar-refractivity contribution in [3.8, 4) is 0 Å². The molecule has 1 saturated carbocycles. The van der Waals surface area contributed by atoms with Crippen LogP contribution in [-0.2, 0) is 11.2 Å². The molecule has 1 amide bonds. The maximum absolute atomic E-state index is 12.2. The van der Waals surface area contributed by atoms with Crippen molar-refractivity contribution >= 4 is 16.9 Å². The molecule has 3 rings (SSSR count). The molecule has 2 N–H and O–H groups in total. The van der Waals surface area contributed by atoms with Crippen molar-refractivity contribution in [3.63, 3.8) is 0 Å². The maximum Gasteiger partial charge on any atom is 0.222 e. The van der Waals surface area contributed by atoms with E-state index in [0.717, 1.165) is 49.0 Å². The average Bonchev–Trinajstić information content (AvgIpc) is 2.93. The van der Waals surface area contributed by atoms with Crippen molar-refractivity contribution in [2.24, 2.45) is 0 Å². The van der Waals surface area contributed by atoms with Crippen LogP contribution in [0.4, 0.5) is 0 Å². The van der Waals surface area contributed by atoms with Crippen LogP contribution in [0.5, 0.6) is 0 Å². The second kappa shape index (κ2) is 7.56. The molecule has 1 aliphatic rings. The van der Waals surface area contributed by atoms with Crippen LogP contribution in [0.2, 0.25) is 0 Å². The highest BCUT2D eigenvalue weighted by Crippen LogP contribution is 2.30. The van der Waals surface area contributed by atoms with E-state index in [0.29, 0.717) is 19.0 Å². The van der Waals surface area contributed by atoms with Gasteiger partial charge in [0.2, 0.25) is 5.91 Å². The molecule has 0 spiro atoms. The number of para-hydroxylation sites is 2. The van der Waals surface area contributed by atoms with Crippen LogP contribution in [0, 0.1) is 0 Å². The zero-order chi connectivity index (χ0) is 17.9. The summed E-state index contributed by atoms with van der Waals surface area (Å²) >= 11 is 0. The minimum atomic E-state index is -0.798. The smallest absolute Gasteiger partial charge is 0.222 e. The van der Waals surface area contributed by atoms with Crippen LogP contribution in [0.25, 0.3) is 11.0 Å². The molecule has 1 aromatic heterocycles. The van der Waals surface area contributed by atoms with Crippen molar-refractivity contribution in [3.05, 3.63) is 30.1 Å². The minimum absolute atomic E-state index is 0.0587. The summed E-state index contributed by atoms with van der Waals surface area (Å²) in [7, 11) is 0. The molecule has 2 aromatic rings. The van der Waals surface area contributed by atoms with Gasteiger partial charge in [0, 0.05) is 19.0 Å². The number of fused-ring (bicyclic) bond motifs is 1. The van der Waals surface area contributed by atoms with Gasteiger partial charge in [-0.2, -0.15) is 0 Å². The molecule has 0 bridgehead atoms. The Morgan fingerprint density at radius 1 is 1.28 bits per heavy atom. The van der Waals surface area contributed by atoms with Crippen LogP contribution in [-0.4, -0.2) is 32.7 Å². The Morgan fingerprint density at radius 3 is 2.72 bits per heavy atom. The van der Waals surface area contributed by atoms with Crippen LogP contribution in [0.15, 0.2) is 24.3 Å². The van der Waals surface area contributed by atoms with Gasteiger partial charge >= 0.3 is 0 Å². The second-order valence-electron chi connectivity index (χ2n) is 7.54. The summed E-state index contributed by atoms with van der Waals surface area (Å²) in [6.07, 6.45) is 5.58. The lowest BCUT2D eigenvalue weighted by molar-refractivity contribution is -0.127. The predicted octanol–water partition coefficient (Wildman–Crippen LogP) is 3.36. The third kappa shape index (κ3) is 4.21. The Balaban J connectivity index is 1.59. The quantitative estimate of drug-likeness (QED) is 0.845. The summed E-state index contributed by atoms with van der Waals surface area (Å²) in [5, 5.41) is 13.5. The standard InChI is InChI=1S/C20H29N3O2/c1-15(2)23-17-9-5-4-8-16(17)22-18(23)10-13-21-19(24)14-20(25)11-6-3-7-12-20/h4-5,8-9,15,25H,3,6-7,10-14H2,1-2H3,(H,21,24). The van der Waals surface area contributed by atoms with Crippen molar-refractivity contribution in [1.82, 2.24) is 14.9 Å². The minimum Gasteiger partial charge on any atom is -0.389 e. The number of carbonyl (C=O) groups excluding carboxylic acids is 1. The predicted molar refractivity (Wildman–Crippen MR) is 99.5 cm³/mol. The van der Waals surface area contributed by atoms with Crippen LogP contribution in [0.1, 0.15) is 64.2 Å². The van der Waals surface area contributed by atoms with Gasteiger partial charge in [-0.3, -0.25) is 4.79 Å². The van der Waals surface area contributed by atoms with Gasteiger partial charge in [-0.05, 0) is 38.8 Å². The molecule has 1 aliphatic carbocycles. The summed E-state index contributed by atoms with van der Waals surface area (Å²) in [6, 6.07) is 8.45. The van der Waals surface area contributed by atoms with Gasteiger partial charge in [-0.15, -0.1) is 0 Å². The van der Waals surface area contributed by atoms with E-state index in [4.69, 9.17) is 4.98 Å². The fraction of sp³-hybridized carbons (Fsp3) is 0.600. The van der Waals surface area contributed by atoms with Crippen molar-refractivity contribution in [1.29, 1.82) is 0 Å². The first-order valence-electron chi connectivity index (χ1n) is 9.43. The lowest BCUT2D eigenvalue weighted by Gasteiger charge is -2.31. The maximum atomic E-state index is 12.2. The number of nitrogens with one attached hydrogen (secondary N) is 1. The zero-order valence-corrected chi connectivity index (χ0v) is 15.3. The molecule has 1 fully saturated rings. The summed E-state index contributed by atoms with van der Waals surface area (Å²) in [4.78, 5) is 16.9. The van der Waals surface area contributed by atoms with E-state index in [9.17, 15) is 9.90 Å². The normalized spacial score (nSPS) is 17.1. The molecule has 5 heteroatoms. The molecular weight excluding hydrogens is 314 g/mol. The first-order chi connectivity index (χ1) is 12.0. The van der Waals surface area contributed by atoms with Crippen LogP contribution in [0.3, 0.4) is 0 Å². The van der Waals surface area contributed by atoms with E-state index >= 15 is 0 Å². The molecule has 25 heavy (non-hydrogen) atoms. The van der Waals surface area contributed by atoms with Gasteiger partial charge in [-0.25, -0.2) is 4.98 Å². The van der Waals surface area contributed by atoms with Crippen molar-refractivity contribution in [2.75, 3.05) is 6.54 Å². The first kappa shape index (κ1) is 17.9. The number of amides is 1. The van der Waals surface area contributed by atoms with Gasteiger partial charge in [0.25, 0.3) is 0 Å². The number of aliphatic hydroxyl groups is 1. The number of benzene rings is 1. The molecule has 1 aromatic carbocycles. The fourth-order valence-corrected chi connectivity index (χ4v) is 3.91. The highest BCUT2D eigenvalue weighted by atomic mass is 16.3. The van der Waals surface area contributed by atoms with Crippen molar-refractivity contribution in [2.45, 2.75) is 70.4 Å². The second-order valence-corrected chi connectivity index (χ2v) is 7.54. The topological polar surface area (TPSA) is 67.2 Å². The van der Waals surface area contributed by atoms with E-state index < -0.39 is 5.60 Å². The number of carbonyl (C=O) groups is 1. The molecule has 0 unspecified atom stereocenters. The third-order valence-corrected chi connectivity index (χ3v) is 5.13. The van der Waals surface area contributed by atoms with Crippen molar-refractivity contribution < 1.29 is 9.90 Å². The number of imidazole rings is 1. The molecule has 0 radical (unpaired) electrons. The Morgan fingerprint density at radius 2 is 2.00 bits per heavy atom. The van der Waals surface area contributed by atoms with Gasteiger partial charge in [0.15, 0.2) is 0 Å². The average molecular weight is 343 g/mol. The largest absolute Gasteiger partial charge is 0.389 e. The first-order valence-corrected chi connectivity index (χ1v) is 9.43. The van der Waals surface area contributed by atoms with E-state index in [1.54, 1.807) is 0 Å². The molecular formula is C20H29N3O2. The monoisotopic (exact) mass is 343 g/mol. The zero-order valence-electron chi connectivity index (χ0n) is 15.3. The fourth-order valence-electron chi connectivity index (χ4n) is 3.91. The molecule has 0 aliphatic heterocycles. The number of nitrogens with zero attached hydrogens (tertiary/aromatic N) is 2. The number of hydrogen-bond acceptors (Lipinski definition) is 3. The molecule has 5 nitrogen and oxygen atoms in total. The highest BCUT2D eigenvalue weighted by Gasteiger charge is 2.31. The Bertz CT molecular complexity index is 730. The van der Waals surface area contributed by atoms with E-state index in [1.165, 1.54) is 0 Å². The summed E-state index contributed by atoms with van der Waals surface area (Å²) in [5.41, 5.74) is 1.33. The number of rotatable bonds is 6. The third-order valence-electron chi connectivity index (χ3n) is 5.13. The number of aromatic nitrogens is 2. The van der Waals surface area contributed by atoms with Crippen LogP contribution < -0.4 is 5.32 Å². The van der Waals surface area contributed by atoms with E-state index in [-0.39, 0.29) is 12.3 Å². The lowest BCUT2D eigenvalue weighted by atomic mass is 9.82. The summed E-state index contributed by atoms with van der Waals surface area (Å²) in [6.45, 7) is 4.84. The molecule has 136 valence electrons. The summed E-state index contributed by atoms with van der Waals surface area (Å²) < 4.78 is 2.23. The molecule has 0 atom stereocenters. The Labute approximate surface area is 149 Å². The highest BCUT2D eigenvalue weighted by molar-refractivity contribution is 5.77. The summed E-state index contributed by atoms with van der Waals surface area (Å²) in [5.74, 6) is 0.935. The van der Waals surface area contributed by atoms with E-state index in [1.807, 2.05) is 18.2 Å². The number of hydrogen-bond donors (Lipinski definition) is 2. The van der Waals surface area contributed by atoms with E-state index in [2.05, 4.69) is 29.8 Å². The van der Waals surface area contributed by atoms with Crippen LogP contribution >= 0.6 is 0 Å². The SMILES string of the molecule is CC(C)n1c(CCNC(=O)CC2(O)CCCCC2)nc2ccccc21. The lowest BCUT2D eigenvalue weighted by Crippen LogP contribution is -2.39.